The van der Waals surface area contributed by atoms with Crippen molar-refractivity contribution in [3.8, 4) is 0 Å². The first kappa shape index (κ1) is 18.5. The standard InChI is InChI=1S/C19H27N5O2/c1-14-6-5-7-16(21-14)9-24-8-15(11-26-12-18(25)22(2)3)19-17(10-24)20-13-23(19)4/h5-7,13,15H,8-12H2,1-4H3/t15-/m0/s1. The van der Waals surface area contributed by atoms with Gasteiger partial charge in [0.15, 0.2) is 0 Å². The number of aryl methyl sites for hydroxylation is 2. The van der Waals surface area contributed by atoms with Gasteiger partial charge in [-0.05, 0) is 19.1 Å². The zero-order chi connectivity index (χ0) is 18.7. The van der Waals surface area contributed by atoms with Crippen LogP contribution in [0.4, 0.5) is 0 Å². The molecular formula is C19H27N5O2. The van der Waals surface area contributed by atoms with Crippen LogP contribution in [0.25, 0.3) is 0 Å². The molecule has 1 aliphatic rings. The van der Waals surface area contributed by atoms with E-state index in [1.807, 2.05) is 32.4 Å². The van der Waals surface area contributed by atoms with Crippen LogP contribution in [-0.2, 0) is 29.7 Å². The summed E-state index contributed by atoms with van der Waals surface area (Å²) in [6.07, 6.45) is 1.86. The smallest absolute Gasteiger partial charge is 0.248 e. The van der Waals surface area contributed by atoms with Crippen molar-refractivity contribution in [3.63, 3.8) is 0 Å². The first-order valence-corrected chi connectivity index (χ1v) is 8.87. The van der Waals surface area contributed by atoms with Gasteiger partial charge < -0.3 is 14.2 Å². The molecule has 0 bridgehead atoms. The van der Waals surface area contributed by atoms with Crippen LogP contribution in [0.1, 0.15) is 28.7 Å². The molecule has 2 aromatic rings. The Morgan fingerprint density at radius 2 is 2.19 bits per heavy atom. The number of aromatic nitrogens is 3. The van der Waals surface area contributed by atoms with Gasteiger partial charge in [-0.2, -0.15) is 0 Å². The van der Waals surface area contributed by atoms with Crippen LogP contribution in [-0.4, -0.2) is 64.1 Å². The van der Waals surface area contributed by atoms with Gasteiger partial charge in [0.25, 0.3) is 0 Å². The molecule has 0 aliphatic carbocycles. The number of likely N-dealkylation sites (N-methyl/N-ethyl adjacent to an activating group) is 1. The number of imidazole rings is 1. The molecule has 0 spiro atoms. The van der Waals surface area contributed by atoms with Crippen LogP contribution in [0.15, 0.2) is 24.5 Å². The second-order valence-electron chi connectivity index (χ2n) is 7.13. The third kappa shape index (κ3) is 4.28. The Bertz CT molecular complexity index is 771. The quantitative estimate of drug-likeness (QED) is 0.780. The van der Waals surface area contributed by atoms with E-state index in [9.17, 15) is 4.79 Å². The molecule has 0 saturated carbocycles. The predicted octanol–water partition coefficient (Wildman–Crippen LogP) is 1.33. The fourth-order valence-electron chi connectivity index (χ4n) is 3.39. The predicted molar refractivity (Wildman–Crippen MR) is 98.6 cm³/mol. The number of nitrogens with zero attached hydrogens (tertiary/aromatic N) is 5. The summed E-state index contributed by atoms with van der Waals surface area (Å²) in [6.45, 7) is 5.07. The number of hydrogen-bond donors (Lipinski definition) is 0. The molecule has 1 atom stereocenters. The average Bonchev–Trinajstić information content (AvgIpc) is 2.96. The number of hydrogen-bond acceptors (Lipinski definition) is 5. The molecule has 0 saturated heterocycles. The Morgan fingerprint density at radius 3 is 2.92 bits per heavy atom. The summed E-state index contributed by atoms with van der Waals surface area (Å²) in [7, 11) is 5.49. The molecule has 0 N–H and O–H groups in total. The van der Waals surface area contributed by atoms with Crippen molar-refractivity contribution in [2.45, 2.75) is 25.9 Å². The summed E-state index contributed by atoms with van der Waals surface area (Å²) in [5.74, 6) is 0.165. The zero-order valence-corrected chi connectivity index (χ0v) is 16.0. The molecular weight excluding hydrogens is 330 g/mol. The minimum atomic E-state index is -0.0214. The highest BCUT2D eigenvalue weighted by atomic mass is 16.5. The zero-order valence-electron chi connectivity index (χ0n) is 16.0. The SMILES string of the molecule is Cc1cccc(CN2Cc3ncn(C)c3[C@H](COCC(=O)N(C)C)C2)n1. The summed E-state index contributed by atoms with van der Waals surface area (Å²) in [5, 5.41) is 0. The summed E-state index contributed by atoms with van der Waals surface area (Å²) in [4.78, 5) is 24.8. The average molecular weight is 357 g/mol. The lowest BCUT2D eigenvalue weighted by atomic mass is 9.98. The minimum Gasteiger partial charge on any atom is -0.371 e. The van der Waals surface area contributed by atoms with E-state index in [0.717, 1.165) is 36.7 Å². The normalized spacial score (nSPS) is 17.2. The van der Waals surface area contributed by atoms with Crippen LogP contribution >= 0.6 is 0 Å². The molecule has 0 fully saturated rings. The molecule has 0 unspecified atom stereocenters. The largest absolute Gasteiger partial charge is 0.371 e. The Kier molecular flexibility index (Phi) is 5.68. The van der Waals surface area contributed by atoms with Crippen LogP contribution in [0, 0.1) is 6.92 Å². The second-order valence-corrected chi connectivity index (χ2v) is 7.13. The topological polar surface area (TPSA) is 63.5 Å². The van der Waals surface area contributed by atoms with Crippen molar-refractivity contribution in [1.82, 2.24) is 24.3 Å². The number of carbonyl (C=O) groups excluding carboxylic acids is 1. The molecule has 1 aliphatic heterocycles. The molecule has 0 radical (unpaired) electrons. The van der Waals surface area contributed by atoms with E-state index in [4.69, 9.17) is 4.74 Å². The third-order valence-corrected chi connectivity index (χ3v) is 4.68. The minimum absolute atomic E-state index is 0.0214. The number of carbonyl (C=O) groups is 1. The van der Waals surface area contributed by atoms with Crippen molar-refractivity contribution in [2.75, 3.05) is 33.9 Å². The van der Waals surface area contributed by atoms with Crippen molar-refractivity contribution in [2.24, 2.45) is 7.05 Å². The van der Waals surface area contributed by atoms with Gasteiger partial charge in [-0.15, -0.1) is 0 Å². The Hall–Kier alpha value is -2.25. The summed E-state index contributed by atoms with van der Waals surface area (Å²) in [5.41, 5.74) is 4.38. The lowest BCUT2D eigenvalue weighted by Gasteiger charge is -2.32. The van der Waals surface area contributed by atoms with Crippen LogP contribution < -0.4 is 0 Å². The molecule has 7 nitrogen and oxygen atoms in total. The highest BCUT2D eigenvalue weighted by Gasteiger charge is 2.29. The first-order chi connectivity index (χ1) is 12.4. The maximum absolute atomic E-state index is 11.7. The van der Waals surface area contributed by atoms with Crippen molar-refractivity contribution < 1.29 is 9.53 Å². The number of rotatable bonds is 6. The molecule has 7 heteroatoms. The number of fused-ring (bicyclic) bond motifs is 1. The fraction of sp³-hybridized carbons (Fsp3) is 0.526. The summed E-state index contributed by atoms with van der Waals surface area (Å²) in [6, 6.07) is 6.11. The monoisotopic (exact) mass is 357 g/mol. The Balaban J connectivity index is 1.69. The van der Waals surface area contributed by atoms with Gasteiger partial charge in [-0.1, -0.05) is 6.07 Å². The van der Waals surface area contributed by atoms with E-state index in [1.165, 1.54) is 5.69 Å². The van der Waals surface area contributed by atoms with E-state index >= 15 is 0 Å². The van der Waals surface area contributed by atoms with E-state index in [2.05, 4.69) is 25.5 Å². The molecule has 140 valence electrons. The Labute approximate surface area is 154 Å². The lowest BCUT2D eigenvalue weighted by Crippen LogP contribution is -2.37. The van der Waals surface area contributed by atoms with E-state index in [-0.39, 0.29) is 18.4 Å². The van der Waals surface area contributed by atoms with Crippen molar-refractivity contribution in [1.29, 1.82) is 0 Å². The van der Waals surface area contributed by atoms with Crippen molar-refractivity contribution in [3.05, 3.63) is 47.3 Å². The summed E-state index contributed by atoms with van der Waals surface area (Å²) >= 11 is 0. The first-order valence-electron chi connectivity index (χ1n) is 8.87. The van der Waals surface area contributed by atoms with E-state index < -0.39 is 0 Å². The maximum atomic E-state index is 11.7. The number of amides is 1. The van der Waals surface area contributed by atoms with Gasteiger partial charge in [0.1, 0.15) is 6.61 Å². The van der Waals surface area contributed by atoms with Gasteiger partial charge >= 0.3 is 0 Å². The van der Waals surface area contributed by atoms with E-state index in [0.29, 0.717) is 6.61 Å². The highest BCUT2D eigenvalue weighted by Crippen LogP contribution is 2.28. The molecule has 2 aromatic heterocycles. The lowest BCUT2D eigenvalue weighted by molar-refractivity contribution is -0.133. The van der Waals surface area contributed by atoms with Gasteiger partial charge in [-0.25, -0.2) is 4.98 Å². The fourth-order valence-corrected chi connectivity index (χ4v) is 3.39. The Morgan fingerprint density at radius 1 is 1.38 bits per heavy atom. The van der Waals surface area contributed by atoms with Crippen LogP contribution in [0.5, 0.6) is 0 Å². The van der Waals surface area contributed by atoms with Gasteiger partial charge in [0.05, 0.1) is 24.3 Å². The van der Waals surface area contributed by atoms with Crippen molar-refractivity contribution >= 4 is 5.91 Å². The van der Waals surface area contributed by atoms with Crippen LogP contribution in [0.2, 0.25) is 0 Å². The third-order valence-electron chi connectivity index (χ3n) is 4.68. The molecule has 0 aromatic carbocycles. The van der Waals surface area contributed by atoms with Gasteiger partial charge in [0.2, 0.25) is 5.91 Å². The molecule has 3 rings (SSSR count). The van der Waals surface area contributed by atoms with E-state index in [1.54, 1.807) is 19.0 Å². The van der Waals surface area contributed by atoms with Gasteiger partial charge in [0, 0.05) is 58.1 Å². The molecule has 3 heterocycles. The van der Waals surface area contributed by atoms with Crippen LogP contribution in [0.3, 0.4) is 0 Å². The molecule has 26 heavy (non-hydrogen) atoms. The molecule has 1 amide bonds. The maximum Gasteiger partial charge on any atom is 0.248 e. The summed E-state index contributed by atoms with van der Waals surface area (Å²) < 4.78 is 7.79. The number of pyridine rings is 1. The van der Waals surface area contributed by atoms with Gasteiger partial charge in [-0.3, -0.25) is 14.7 Å². The second kappa shape index (κ2) is 7.97. The highest BCUT2D eigenvalue weighted by molar-refractivity contribution is 5.76. The number of ether oxygens (including phenoxy) is 1.